The first-order chi connectivity index (χ1) is 9.49. The molecule has 0 saturated heterocycles. The molecule has 1 aliphatic rings. The molecule has 0 saturated carbocycles. The van der Waals surface area contributed by atoms with Crippen molar-refractivity contribution in [1.82, 2.24) is 20.6 Å². The number of aliphatic imine (C=N–C) groups is 1. The molecular weight excluding hydrogens is 301 g/mol. The van der Waals surface area contributed by atoms with Gasteiger partial charge in [-0.15, -0.1) is 0 Å². The van der Waals surface area contributed by atoms with Crippen LogP contribution >= 0.6 is 23.2 Å². The molecule has 1 aromatic heterocycles. The van der Waals surface area contributed by atoms with Crippen molar-refractivity contribution in [3.63, 3.8) is 0 Å². The summed E-state index contributed by atoms with van der Waals surface area (Å²) in [5.41, 5.74) is 18.2. The molecule has 104 valence electrons. The largest absolute Gasteiger partial charge is 0.369 e. The molecule has 3 rings (SSSR count). The van der Waals surface area contributed by atoms with Gasteiger partial charge in [0, 0.05) is 18.0 Å². The molecule has 0 amide bonds. The van der Waals surface area contributed by atoms with Crippen molar-refractivity contribution < 1.29 is 0 Å². The molecule has 2 aromatic rings. The zero-order chi connectivity index (χ0) is 14.3. The van der Waals surface area contributed by atoms with Crippen LogP contribution < -0.4 is 22.3 Å². The Morgan fingerprint density at radius 2 is 1.95 bits per heavy atom. The van der Waals surface area contributed by atoms with Crippen LogP contribution in [0.25, 0.3) is 5.69 Å². The summed E-state index contributed by atoms with van der Waals surface area (Å²) in [6.07, 6.45) is 3.38. The first kappa shape index (κ1) is 13.2. The molecule has 0 fully saturated rings. The number of nitrogens with two attached hydrogens (primary N) is 2. The van der Waals surface area contributed by atoms with Crippen molar-refractivity contribution in [3.8, 4) is 5.69 Å². The molecule has 1 aliphatic heterocycles. The summed E-state index contributed by atoms with van der Waals surface area (Å²) < 4.78 is 1.58. The van der Waals surface area contributed by atoms with Crippen molar-refractivity contribution in [3.05, 3.63) is 46.2 Å². The summed E-state index contributed by atoms with van der Waals surface area (Å²) in [6.45, 7) is 0. The van der Waals surface area contributed by atoms with E-state index in [1.807, 2.05) is 0 Å². The van der Waals surface area contributed by atoms with Gasteiger partial charge < -0.3 is 5.73 Å². The van der Waals surface area contributed by atoms with Gasteiger partial charge in [0.25, 0.3) is 0 Å². The van der Waals surface area contributed by atoms with Gasteiger partial charge >= 0.3 is 0 Å². The van der Waals surface area contributed by atoms with Gasteiger partial charge in [0.2, 0.25) is 11.7 Å². The minimum Gasteiger partial charge on any atom is -0.369 e. The molecule has 0 aliphatic carbocycles. The van der Waals surface area contributed by atoms with E-state index in [0.717, 1.165) is 0 Å². The zero-order valence-electron chi connectivity index (χ0n) is 10.1. The summed E-state index contributed by atoms with van der Waals surface area (Å²) >= 11 is 12.5. The van der Waals surface area contributed by atoms with E-state index in [9.17, 15) is 0 Å². The average molecular weight is 312 g/mol. The number of aromatic nitrogens is 2. The van der Waals surface area contributed by atoms with Gasteiger partial charge in [0.15, 0.2) is 0 Å². The maximum Gasteiger partial charge on any atom is 0.209 e. The van der Waals surface area contributed by atoms with E-state index in [2.05, 4.69) is 20.9 Å². The standard InChI is InChI=1S/C11H11Cl2N7/c12-7-4-6(11(15)17-10(14)18-19-11)5-8(13)9(7)20-3-1-2-16-20/h1-5,19H,15H2,(H3,14,17,18). The minimum atomic E-state index is -1.21. The predicted molar refractivity (Wildman–Crippen MR) is 77.3 cm³/mol. The second-order valence-electron chi connectivity index (χ2n) is 4.25. The number of hydrogen-bond acceptors (Lipinski definition) is 6. The Morgan fingerprint density at radius 1 is 1.25 bits per heavy atom. The third kappa shape index (κ3) is 2.10. The van der Waals surface area contributed by atoms with Gasteiger partial charge in [-0.2, -0.15) is 10.5 Å². The van der Waals surface area contributed by atoms with Gasteiger partial charge in [0.1, 0.15) is 5.69 Å². The molecule has 1 unspecified atom stereocenters. The van der Waals surface area contributed by atoms with Crippen molar-refractivity contribution >= 4 is 29.2 Å². The number of hydrazine groups is 1. The van der Waals surface area contributed by atoms with Crippen LogP contribution in [0.3, 0.4) is 0 Å². The Hall–Kier alpha value is -1.80. The van der Waals surface area contributed by atoms with Crippen molar-refractivity contribution in [2.24, 2.45) is 16.5 Å². The van der Waals surface area contributed by atoms with Gasteiger partial charge in [-0.3, -0.25) is 11.2 Å². The molecule has 20 heavy (non-hydrogen) atoms. The number of benzene rings is 1. The molecular formula is C11H11Cl2N7. The Morgan fingerprint density at radius 3 is 2.45 bits per heavy atom. The lowest BCUT2D eigenvalue weighted by molar-refractivity contribution is 0.375. The molecule has 1 aromatic carbocycles. The van der Waals surface area contributed by atoms with E-state index in [-0.39, 0.29) is 5.96 Å². The Labute approximate surface area is 124 Å². The monoisotopic (exact) mass is 311 g/mol. The van der Waals surface area contributed by atoms with Crippen molar-refractivity contribution in [2.75, 3.05) is 0 Å². The van der Waals surface area contributed by atoms with E-state index in [1.165, 1.54) is 0 Å². The molecule has 7 nitrogen and oxygen atoms in total. The van der Waals surface area contributed by atoms with Gasteiger partial charge in [-0.25, -0.2) is 9.67 Å². The Kier molecular flexibility index (Phi) is 3.06. The molecule has 2 heterocycles. The van der Waals surface area contributed by atoms with Crippen LogP contribution in [0.1, 0.15) is 5.56 Å². The lowest BCUT2D eigenvalue weighted by Gasteiger charge is -2.22. The second kappa shape index (κ2) is 4.64. The molecule has 0 spiro atoms. The van der Waals surface area contributed by atoms with E-state index in [1.54, 1.807) is 35.3 Å². The summed E-state index contributed by atoms with van der Waals surface area (Å²) in [5, 5.41) is 4.92. The van der Waals surface area contributed by atoms with Crippen molar-refractivity contribution in [2.45, 2.75) is 5.79 Å². The van der Waals surface area contributed by atoms with Gasteiger partial charge in [0.05, 0.1) is 10.0 Å². The number of halogens is 2. The topological polar surface area (TPSA) is 106 Å². The fourth-order valence-electron chi connectivity index (χ4n) is 1.95. The molecule has 6 N–H and O–H groups in total. The fraction of sp³-hybridized carbons (Fsp3) is 0.0909. The van der Waals surface area contributed by atoms with Crippen LogP contribution in [0.2, 0.25) is 10.0 Å². The Balaban J connectivity index is 2.09. The first-order valence-electron chi connectivity index (χ1n) is 5.66. The first-order valence-corrected chi connectivity index (χ1v) is 6.42. The molecule has 0 radical (unpaired) electrons. The highest BCUT2D eigenvalue weighted by Gasteiger charge is 2.32. The summed E-state index contributed by atoms with van der Waals surface area (Å²) in [4.78, 5) is 4.08. The Bertz CT molecular complexity index is 659. The highest BCUT2D eigenvalue weighted by molar-refractivity contribution is 6.37. The number of nitrogens with one attached hydrogen (secondary N) is 2. The predicted octanol–water partition coefficient (Wildman–Crippen LogP) is 0.671. The maximum atomic E-state index is 6.27. The van der Waals surface area contributed by atoms with Crippen LogP contribution in [0, 0.1) is 0 Å². The number of nitrogens with zero attached hydrogens (tertiary/aromatic N) is 3. The zero-order valence-corrected chi connectivity index (χ0v) is 11.7. The average Bonchev–Trinajstić information content (AvgIpc) is 2.99. The lowest BCUT2D eigenvalue weighted by atomic mass is 10.1. The van der Waals surface area contributed by atoms with Crippen LogP contribution in [0.4, 0.5) is 0 Å². The van der Waals surface area contributed by atoms with E-state index in [0.29, 0.717) is 21.3 Å². The highest BCUT2D eigenvalue weighted by atomic mass is 35.5. The molecule has 0 bridgehead atoms. The molecule has 9 heteroatoms. The second-order valence-corrected chi connectivity index (χ2v) is 5.07. The highest BCUT2D eigenvalue weighted by Crippen LogP contribution is 2.33. The third-order valence-electron chi connectivity index (χ3n) is 2.87. The van der Waals surface area contributed by atoms with Crippen LogP contribution in [-0.4, -0.2) is 15.7 Å². The maximum absolute atomic E-state index is 6.27. The quantitative estimate of drug-likeness (QED) is 0.652. The van der Waals surface area contributed by atoms with Gasteiger partial charge in [-0.05, 0) is 18.2 Å². The normalized spacial score (nSPS) is 21.6. The third-order valence-corrected chi connectivity index (χ3v) is 3.44. The minimum absolute atomic E-state index is 0.191. The van der Waals surface area contributed by atoms with Gasteiger partial charge in [-0.1, -0.05) is 23.2 Å². The smallest absolute Gasteiger partial charge is 0.209 e. The van der Waals surface area contributed by atoms with E-state index < -0.39 is 5.79 Å². The lowest BCUT2D eigenvalue weighted by Crippen LogP contribution is -2.50. The van der Waals surface area contributed by atoms with Crippen molar-refractivity contribution in [1.29, 1.82) is 0 Å². The number of hydrogen-bond donors (Lipinski definition) is 4. The van der Waals surface area contributed by atoms with E-state index in [4.69, 9.17) is 34.7 Å². The van der Waals surface area contributed by atoms with Crippen LogP contribution in [-0.2, 0) is 5.79 Å². The summed E-state index contributed by atoms with van der Waals surface area (Å²) in [7, 11) is 0. The number of rotatable bonds is 2. The van der Waals surface area contributed by atoms with E-state index >= 15 is 0 Å². The SMILES string of the molecule is NC1=NC(N)(c2cc(Cl)c(-n3cccn3)c(Cl)c2)NN1. The molecule has 1 atom stereocenters. The number of guanidine groups is 1. The van der Waals surface area contributed by atoms with Crippen LogP contribution in [0.15, 0.2) is 35.6 Å². The summed E-state index contributed by atoms with van der Waals surface area (Å²) in [5.74, 6) is -1.02. The fourth-order valence-corrected chi connectivity index (χ4v) is 2.61. The van der Waals surface area contributed by atoms with Crippen LogP contribution in [0.5, 0.6) is 0 Å². The summed E-state index contributed by atoms with van der Waals surface area (Å²) in [6, 6.07) is 5.11.